The third-order valence-corrected chi connectivity index (χ3v) is 6.23. The molecule has 2 fully saturated rings. The van der Waals surface area contributed by atoms with E-state index in [1.807, 2.05) is 6.92 Å². The molecule has 0 aromatic heterocycles. The minimum atomic E-state index is -5.68. The Bertz CT molecular complexity index is 621. The van der Waals surface area contributed by atoms with Crippen molar-refractivity contribution in [1.29, 1.82) is 0 Å². The van der Waals surface area contributed by atoms with Crippen molar-refractivity contribution in [2.45, 2.75) is 87.7 Å². The third-order valence-electron chi connectivity index (χ3n) is 5.21. The summed E-state index contributed by atoms with van der Waals surface area (Å²) in [4.78, 5) is 0. The average molecular weight is 416 g/mol. The third kappa shape index (κ3) is 5.36. The molecule has 1 N–H and O–H groups in total. The van der Waals surface area contributed by atoms with Crippen molar-refractivity contribution in [3.8, 4) is 0 Å². The molecule has 0 bridgehead atoms. The first-order valence-corrected chi connectivity index (χ1v) is 10.6. The molecule has 4 atom stereocenters. The number of halogens is 3. The van der Waals surface area contributed by atoms with Crippen molar-refractivity contribution < 1.29 is 40.4 Å². The van der Waals surface area contributed by atoms with Gasteiger partial charge in [0.15, 0.2) is 0 Å². The molecule has 0 aromatic carbocycles. The molecule has 3 unspecified atom stereocenters. The van der Waals surface area contributed by atoms with Crippen molar-refractivity contribution in [3.63, 3.8) is 0 Å². The molecule has 0 aliphatic carbocycles. The zero-order chi connectivity index (χ0) is 20.3. The van der Waals surface area contributed by atoms with Gasteiger partial charge in [0, 0.05) is 19.4 Å². The van der Waals surface area contributed by atoms with E-state index >= 15 is 0 Å². The summed E-state index contributed by atoms with van der Waals surface area (Å²) in [5.74, 6) is -0.452. The van der Waals surface area contributed by atoms with Gasteiger partial charge in [0.1, 0.15) is 5.76 Å². The second-order valence-electron chi connectivity index (χ2n) is 7.11. The molecule has 0 amide bonds. The highest BCUT2D eigenvalue weighted by Crippen LogP contribution is 2.45. The molecule has 10 heteroatoms. The van der Waals surface area contributed by atoms with Crippen LogP contribution < -0.4 is 0 Å². The van der Waals surface area contributed by atoms with Crippen LogP contribution in [0.25, 0.3) is 0 Å². The van der Waals surface area contributed by atoms with Crippen molar-refractivity contribution in [2.24, 2.45) is 0 Å². The molecule has 2 heterocycles. The van der Waals surface area contributed by atoms with E-state index in [0.717, 1.165) is 19.3 Å². The molecule has 6 nitrogen and oxygen atoms in total. The number of ether oxygens (including phenoxy) is 2. The number of allylic oxidation sites excluding steroid dienone is 1. The first-order chi connectivity index (χ1) is 12.5. The van der Waals surface area contributed by atoms with Gasteiger partial charge in [-0.15, -0.1) is 0 Å². The van der Waals surface area contributed by atoms with E-state index < -0.39 is 27.0 Å². The molecule has 0 spiro atoms. The Morgan fingerprint density at radius 2 is 2.00 bits per heavy atom. The van der Waals surface area contributed by atoms with Crippen LogP contribution >= 0.6 is 0 Å². The van der Waals surface area contributed by atoms with Gasteiger partial charge in [-0.25, -0.2) is 0 Å². The molecule has 0 aromatic rings. The Labute approximate surface area is 157 Å². The predicted octanol–water partition coefficient (Wildman–Crippen LogP) is 3.40. The predicted molar refractivity (Wildman–Crippen MR) is 91.2 cm³/mol. The summed E-state index contributed by atoms with van der Waals surface area (Å²) < 4.78 is 75.4. The minimum Gasteiger partial charge on any atom is -0.396 e. The zero-order valence-corrected chi connectivity index (χ0v) is 16.2. The van der Waals surface area contributed by atoms with Crippen LogP contribution in [0, 0.1) is 0 Å². The minimum absolute atomic E-state index is 0.0241. The summed E-state index contributed by atoms with van der Waals surface area (Å²) >= 11 is 0. The van der Waals surface area contributed by atoms with E-state index in [-0.39, 0.29) is 31.3 Å². The molecule has 0 radical (unpaired) electrons. The van der Waals surface area contributed by atoms with E-state index in [1.54, 1.807) is 0 Å². The fraction of sp³-hybridized carbons (Fsp3) is 0.882. The lowest BCUT2D eigenvalue weighted by molar-refractivity contribution is -0.168. The van der Waals surface area contributed by atoms with Crippen LogP contribution in [0.2, 0.25) is 0 Å². The highest BCUT2D eigenvalue weighted by molar-refractivity contribution is 7.87. The van der Waals surface area contributed by atoms with E-state index in [2.05, 4.69) is 10.8 Å². The number of hydrogen-bond donors (Lipinski definition) is 1. The maximum Gasteiger partial charge on any atom is 0.534 e. The lowest BCUT2D eigenvalue weighted by Crippen LogP contribution is -2.47. The quantitative estimate of drug-likeness (QED) is 0.352. The topological polar surface area (TPSA) is 82.1 Å². The number of fused-ring (bicyclic) bond motifs is 1. The Morgan fingerprint density at radius 3 is 2.59 bits per heavy atom. The van der Waals surface area contributed by atoms with Crippen LogP contribution in [0.1, 0.15) is 58.3 Å². The molecular weight excluding hydrogens is 389 g/mol. The fourth-order valence-corrected chi connectivity index (χ4v) is 4.31. The van der Waals surface area contributed by atoms with Crippen LogP contribution in [0.15, 0.2) is 12.3 Å². The largest absolute Gasteiger partial charge is 0.534 e. The van der Waals surface area contributed by atoms with Crippen LogP contribution in [0.3, 0.4) is 0 Å². The van der Waals surface area contributed by atoms with Gasteiger partial charge in [-0.3, -0.25) is 0 Å². The summed E-state index contributed by atoms with van der Waals surface area (Å²) in [7, 11) is -5.68. The summed E-state index contributed by atoms with van der Waals surface area (Å²) in [6.45, 7) is 5.39. The monoisotopic (exact) mass is 416 g/mol. The van der Waals surface area contributed by atoms with Crippen molar-refractivity contribution >= 4 is 10.1 Å². The van der Waals surface area contributed by atoms with Crippen molar-refractivity contribution in [1.82, 2.24) is 0 Å². The molecule has 2 rings (SSSR count). The van der Waals surface area contributed by atoms with Gasteiger partial charge in [-0.1, -0.05) is 13.5 Å². The van der Waals surface area contributed by atoms with Gasteiger partial charge in [0.2, 0.25) is 0 Å². The Morgan fingerprint density at radius 1 is 1.30 bits per heavy atom. The van der Waals surface area contributed by atoms with Crippen molar-refractivity contribution in [3.05, 3.63) is 12.3 Å². The van der Waals surface area contributed by atoms with Crippen LogP contribution in [0.5, 0.6) is 0 Å². The maximum atomic E-state index is 12.3. The Kier molecular flexibility index (Phi) is 7.21. The van der Waals surface area contributed by atoms with E-state index in [1.165, 1.54) is 0 Å². The number of hydrogen-bond acceptors (Lipinski definition) is 6. The summed E-state index contributed by atoms with van der Waals surface area (Å²) in [6.07, 6.45) is 4.34. The van der Waals surface area contributed by atoms with Crippen LogP contribution in [0.4, 0.5) is 13.2 Å². The highest BCUT2D eigenvalue weighted by atomic mass is 32.2. The van der Waals surface area contributed by atoms with E-state index in [0.29, 0.717) is 25.7 Å². The molecular formula is C17H27F3O6S. The summed E-state index contributed by atoms with van der Waals surface area (Å²) in [6, 6.07) is 0. The lowest BCUT2D eigenvalue weighted by atomic mass is 9.83. The highest BCUT2D eigenvalue weighted by Gasteiger charge is 2.52. The Balaban J connectivity index is 1.88. The van der Waals surface area contributed by atoms with Gasteiger partial charge in [0.05, 0.1) is 23.9 Å². The fourth-order valence-electron chi connectivity index (χ4n) is 3.82. The van der Waals surface area contributed by atoms with E-state index in [4.69, 9.17) is 14.6 Å². The average Bonchev–Trinajstić information content (AvgIpc) is 2.95. The molecule has 2 saturated heterocycles. The number of alkyl halides is 3. The van der Waals surface area contributed by atoms with Gasteiger partial charge >= 0.3 is 15.6 Å². The van der Waals surface area contributed by atoms with Crippen molar-refractivity contribution in [2.75, 3.05) is 6.61 Å². The molecule has 158 valence electrons. The number of rotatable bonds is 9. The molecule has 2 aliphatic heterocycles. The van der Waals surface area contributed by atoms with E-state index in [9.17, 15) is 21.6 Å². The second kappa shape index (κ2) is 8.67. The molecule has 27 heavy (non-hydrogen) atoms. The SMILES string of the molecule is C=C(CCC1CC[C@@H]2OC(CCCO)CC2(CC)O1)OS(=O)(=O)C(F)(F)F. The summed E-state index contributed by atoms with van der Waals surface area (Å²) in [5.41, 5.74) is -5.91. The smallest absolute Gasteiger partial charge is 0.396 e. The van der Waals surface area contributed by atoms with Crippen LogP contribution in [-0.4, -0.2) is 49.6 Å². The second-order valence-corrected chi connectivity index (χ2v) is 8.65. The molecule has 2 aliphatic rings. The van der Waals surface area contributed by atoms with Gasteiger partial charge < -0.3 is 18.8 Å². The lowest BCUT2D eigenvalue weighted by Gasteiger charge is -2.41. The summed E-state index contributed by atoms with van der Waals surface area (Å²) in [5, 5.41) is 8.98. The first-order valence-electron chi connectivity index (χ1n) is 9.15. The van der Waals surface area contributed by atoms with Crippen LogP contribution in [-0.2, 0) is 23.8 Å². The van der Waals surface area contributed by atoms with Gasteiger partial charge in [0.25, 0.3) is 0 Å². The molecule has 0 saturated carbocycles. The number of aliphatic hydroxyl groups is 1. The normalized spacial score (nSPS) is 31.5. The standard InChI is InChI=1S/C17H27F3O6S/c1-3-16-11-14(5-4-10-21)24-15(16)9-8-13(25-16)7-6-12(2)26-27(22,23)17(18,19)20/h13-15,21H,2-11H2,1H3/t13?,14?,15-,16?/m0/s1. The Hall–Kier alpha value is -0.840. The maximum absolute atomic E-state index is 12.3. The zero-order valence-electron chi connectivity index (χ0n) is 15.3. The van der Waals surface area contributed by atoms with Gasteiger partial charge in [-0.05, 0) is 38.5 Å². The first kappa shape index (κ1) is 22.4. The number of aliphatic hydroxyl groups excluding tert-OH is 1. The van der Waals surface area contributed by atoms with Gasteiger partial charge in [-0.2, -0.15) is 21.6 Å².